The third-order valence-corrected chi connectivity index (χ3v) is 3.92. The van der Waals surface area contributed by atoms with Crippen molar-refractivity contribution in [1.29, 1.82) is 0 Å². The minimum absolute atomic E-state index is 0.0368. The molecule has 0 saturated carbocycles. The number of hydrogen-bond acceptors (Lipinski definition) is 3. The maximum Gasteiger partial charge on any atom is 0.129 e. The summed E-state index contributed by atoms with van der Waals surface area (Å²) in [6, 6.07) is 11.2. The molecule has 0 aliphatic carbocycles. The molecule has 2 aromatic carbocycles. The molecule has 3 N–H and O–H groups in total. The van der Waals surface area contributed by atoms with Gasteiger partial charge in [-0.2, -0.15) is 0 Å². The van der Waals surface area contributed by atoms with Gasteiger partial charge in [-0.1, -0.05) is 24.3 Å². The summed E-state index contributed by atoms with van der Waals surface area (Å²) < 4.78 is 33.2. The molecule has 0 saturated heterocycles. The number of fused-ring (bicyclic) bond motifs is 1. The highest BCUT2D eigenvalue weighted by molar-refractivity contribution is 5.41. The SMILES string of the molecule is NNC(Cc1c(F)cccc1F)C1COc2ccccc21. The van der Waals surface area contributed by atoms with E-state index < -0.39 is 11.6 Å². The molecule has 2 aromatic rings. The maximum absolute atomic E-state index is 13.8. The summed E-state index contributed by atoms with van der Waals surface area (Å²) in [7, 11) is 0. The van der Waals surface area contributed by atoms with Crippen LogP contribution in [-0.4, -0.2) is 12.6 Å². The van der Waals surface area contributed by atoms with Crippen LogP contribution < -0.4 is 16.0 Å². The molecule has 5 heteroatoms. The lowest BCUT2D eigenvalue weighted by atomic mass is 9.89. The molecule has 2 unspecified atom stereocenters. The molecule has 2 atom stereocenters. The van der Waals surface area contributed by atoms with Crippen LogP contribution in [0.2, 0.25) is 0 Å². The van der Waals surface area contributed by atoms with Crippen LogP contribution in [0.1, 0.15) is 17.0 Å². The largest absolute Gasteiger partial charge is 0.493 e. The van der Waals surface area contributed by atoms with E-state index in [9.17, 15) is 8.78 Å². The number of hydrazine groups is 1. The van der Waals surface area contributed by atoms with Crippen molar-refractivity contribution in [3.8, 4) is 5.75 Å². The number of nitrogens with two attached hydrogens (primary N) is 1. The van der Waals surface area contributed by atoms with E-state index in [4.69, 9.17) is 10.6 Å². The lowest BCUT2D eigenvalue weighted by Crippen LogP contribution is -2.42. The lowest BCUT2D eigenvalue weighted by Gasteiger charge is -2.22. The van der Waals surface area contributed by atoms with Crippen LogP contribution in [0.4, 0.5) is 8.78 Å². The molecular formula is C16H16F2N2O. The van der Waals surface area contributed by atoms with Gasteiger partial charge in [0.05, 0.1) is 6.61 Å². The third-order valence-electron chi connectivity index (χ3n) is 3.92. The fraction of sp³-hybridized carbons (Fsp3) is 0.250. The molecule has 0 amide bonds. The van der Waals surface area contributed by atoms with Gasteiger partial charge in [0.1, 0.15) is 17.4 Å². The van der Waals surface area contributed by atoms with Gasteiger partial charge in [0.2, 0.25) is 0 Å². The van der Waals surface area contributed by atoms with Gasteiger partial charge >= 0.3 is 0 Å². The molecule has 0 bridgehead atoms. The molecule has 1 aliphatic rings. The molecule has 1 heterocycles. The van der Waals surface area contributed by atoms with Gasteiger partial charge in [-0.15, -0.1) is 0 Å². The molecular weight excluding hydrogens is 274 g/mol. The standard InChI is InChI=1S/C16H16F2N2O/c17-13-5-3-6-14(18)11(13)8-15(20-19)12-9-21-16-7-2-1-4-10(12)16/h1-7,12,15,20H,8-9,19H2. The molecule has 3 rings (SSSR count). The number of rotatable bonds is 4. The van der Waals surface area contributed by atoms with Gasteiger partial charge in [0.25, 0.3) is 0 Å². The number of ether oxygens (including phenoxy) is 1. The minimum Gasteiger partial charge on any atom is -0.493 e. The van der Waals surface area contributed by atoms with E-state index >= 15 is 0 Å². The Balaban J connectivity index is 1.87. The Labute approximate surface area is 121 Å². The Morgan fingerprint density at radius 1 is 1.14 bits per heavy atom. The Morgan fingerprint density at radius 2 is 1.86 bits per heavy atom. The summed E-state index contributed by atoms with van der Waals surface area (Å²) in [6.07, 6.45) is 0.164. The highest BCUT2D eigenvalue weighted by atomic mass is 19.1. The Kier molecular flexibility index (Phi) is 3.86. The summed E-state index contributed by atoms with van der Waals surface area (Å²) >= 11 is 0. The van der Waals surface area contributed by atoms with Crippen molar-refractivity contribution < 1.29 is 13.5 Å². The molecule has 21 heavy (non-hydrogen) atoms. The number of nitrogens with one attached hydrogen (secondary N) is 1. The Morgan fingerprint density at radius 3 is 2.57 bits per heavy atom. The lowest BCUT2D eigenvalue weighted by molar-refractivity contribution is 0.296. The highest BCUT2D eigenvalue weighted by Gasteiger charge is 2.31. The second-order valence-electron chi connectivity index (χ2n) is 5.13. The molecule has 0 radical (unpaired) electrons. The summed E-state index contributed by atoms with van der Waals surface area (Å²) in [5, 5.41) is 0. The average Bonchev–Trinajstić information content (AvgIpc) is 2.91. The van der Waals surface area contributed by atoms with E-state index in [1.165, 1.54) is 18.2 Å². The number of benzene rings is 2. The first kappa shape index (κ1) is 14.0. The van der Waals surface area contributed by atoms with E-state index in [1.807, 2.05) is 24.3 Å². The second kappa shape index (κ2) is 5.79. The van der Waals surface area contributed by atoms with Crippen LogP contribution in [0.3, 0.4) is 0 Å². The van der Waals surface area contributed by atoms with Crippen LogP contribution in [0.15, 0.2) is 42.5 Å². The molecule has 0 fully saturated rings. The summed E-state index contributed by atoms with van der Waals surface area (Å²) in [5.74, 6) is 5.27. The van der Waals surface area contributed by atoms with Gasteiger partial charge < -0.3 is 4.74 Å². The fourth-order valence-corrected chi connectivity index (χ4v) is 2.79. The summed E-state index contributed by atoms with van der Waals surface area (Å²) in [4.78, 5) is 0. The number of halogens is 2. The zero-order valence-electron chi connectivity index (χ0n) is 11.4. The van der Waals surface area contributed by atoms with Crippen molar-refractivity contribution in [2.24, 2.45) is 5.84 Å². The van der Waals surface area contributed by atoms with E-state index in [1.54, 1.807) is 0 Å². The van der Waals surface area contributed by atoms with Crippen molar-refractivity contribution in [1.82, 2.24) is 5.43 Å². The summed E-state index contributed by atoms with van der Waals surface area (Å²) in [6.45, 7) is 0.449. The summed E-state index contributed by atoms with van der Waals surface area (Å²) in [5.41, 5.74) is 3.73. The second-order valence-corrected chi connectivity index (χ2v) is 5.13. The monoisotopic (exact) mass is 290 g/mol. The highest BCUT2D eigenvalue weighted by Crippen LogP contribution is 2.36. The Bertz CT molecular complexity index is 628. The zero-order valence-corrected chi connectivity index (χ0v) is 11.4. The van der Waals surface area contributed by atoms with E-state index in [0.717, 1.165) is 11.3 Å². The first-order valence-corrected chi connectivity index (χ1v) is 6.81. The molecule has 3 nitrogen and oxygen atoms in total. The Hall–Kier alpha value is -1.98. The zero-order chi connectivity index (χ0) is 14.8. The van der Waals surface area contributed by atoms with Gasteiger partial charge in [-0.05, 0) is 24.6 Å². The maximum atomic E-state index is 13.8. The third kappa shape index (κ3) is 2.62. The van der Waals surface area contributed by atoms with Crippen LogP contribution in [-0.2, 0) is 6.42 Å². The van der Waals surface area contributed by atoms with Crippen molar-refractivity contribution in [2.75, 3.05) is 6.61 Å². The van der Waals surface area contributed by atoms with Crippen LogP contribution in [0, 0.1) is 11.6 Å². The first-order valence-electron chi connectivity index (χ1n) is 6.81. The number of hydrogen-bond donors (Lipinski definition) is 2. The molecule has 110 valence electrons. The number of para-hydroxylation sites is 1. The van der Waals surface area contributed by atoms with Gasteiger partial charge in [0.15, 0.2) is 0 Å². The van der Waals surface area contributed by atoms with E-state index in [0.29, 0.717) is 6.61 Å². The van der Waals surface area contributed by atoms with Crippen molar-refractivity contribution in [3.05, 3.63) is 65.2 Å². The van der Waals surface area contributed by atoms with Crippen molar-refractivity contribution in [3.63, 3.8) is 0 Å². The predicted octanol–water partition coefficient (Wildman–Crippen LogP) is 2.52. The van der Waals surface area contributed by atoms with Crippen molar-refractivity contribution >= 4 is 0 Å². The van der Waals surface area contributed by atoms with Gasteiger partial charge in [0, 0.05) is 23.1 Å². The van der Waals surface area contributed by atoms with E-state index in [-0.39, 0.29) is 23.9 Å². The first-order chi connectivity index (χ1) is 10.2. The normalized spacial score (nSPS) is 18.1. The van der Waals surface area contributed by atoms with Crippen LogP contribution >= 0.6 is 0 Å². The quantitative estimate of drug-likeness (QED) is 0.672. The van der Waals surface area contributed by atoms with Gasteiger partial charge in [-0.25, -0.2) is 8.78 Å². The molecule has 1 aliphatic heterocycles. The molecule has 0 spiro atoms. The molecule has 0 aromatic heterocycles. The predicted molar refractivity (Wildman–Crippen MR) is 75.9 cm³/mol. The van der Waals surface area contributed by atoms with Crippen LogP contribution in [0.25, 0.3) is 0 Å². The minimum atomic E-state index is -0.553. The van der Waals surface area contributed by atoms with Crippen molar-refractivity contribution in [2.45, 2.75) is 18.4 Å². The smallest absolute Gasteiger partial charge is 0.129 e. The fourth-order valence-electron chi connectivity index (χ4n) is 2.79. The van der Waals surface area contributed by atoms with Gasteiger partial charge in [-0.3, -0.25) is 11.3 Å². The van der Waals surface area contributed by atoms with E-state index in [2.05, 4.69) is 5.43 Å². The topological polar surface area (TPSA) is 47.3 Å². The average molecular weight is 290 g/mol. The van der Waals surface area contributed by atoms with Crippen LogP contribution in [0.5, 0.6) is 5.75 Å².